The van der Waals surface area contributed by atoms with E-state index < -0.39 is 0 Å². The molecule has 0 bridgehead atoms. The summed E-state index contributed by atoms with van der Waals surface area (Å²) in [5, 5.41) is 8.80. The van der Waals surface area contributed by atoms with Gasteiger partial charge < -0.3 is 4.74 Å². The van der Waals surface area contributed by atoms with Crippen LogP contribution in [0.1, 0.15) is 56.1 Å². The van der Waals surface area contributed by atoms with Crippen molar-refractivity contribution in [3.63, 3.8) is 0 Å². The second-order valence-corrected chi connectivity index (χ2v) is 5.96. The van der Waals surface area contributed by atoms with Crippen molar-refractivity contribution >= 4 is 0 Å². The highest BCUT2D eigenvalue weighted by Gasteiger charge is 2.23. The second kappa shape index (κ2) is 8.70. The van der Waals surface area contributed by atoms with Crippen LogP contribution >= 0.6 is 0 Å². The largest absolute Gasteiger partial charge is 0.377 e. The van der Waals surface area contributed by atoms with Crippen LogP contribution in [0, 0.1) is 23.1 Å². The molecule has 1 aliphatic carbocycles. The Hall–Kier alpha value is -1.66. The summed E-state index contributed by atoms with van der Waals surface area (Å²) in [5.74, 6) is 0.641. The summed E-state index contributed by atoms with van der Waals surface area (Å²) < 4.78 is 19.5. The van der Waals surface area contributed by atoms with Gasteiger partial charge in [-0.3, -0.25) is 0 Å². The van der Waals surface area contributed by atoms with Crippen molar-refractivity contribution in [1.29, 1.82) is 5.26 Å². The van der Waals surface area contributed by atoms with Crippen LogP contribution < -0.4 is 0 Å². The summed E-state index contributed by atoms with van der Waals surface area (Å²) in [7, 11) is 0. The zero-order valence-corrected chi connectivity index (χ0v) is 13.2. The number of halogens is 1. The van der Waals surface area contributed by atoms with Gasteiger partial charge in [-0.05, 0) is 61.6 Å². The van der Waals surface area contributed by atoms with Gasteiger partial charge in [-0.2, -0.15) is 5.26 Å². The van der Waals surface area contributed by atoms with E-state index in [1.165, 1.54) is 6.07 Å². The molecule has 0 atom stereocenters. The number of rotatable bonds is 6. The topological polar surface area (TPSA) is 33.0 Å². The SMILES string of the molecule is CCCOC/C=C/C1CCC(c2ccc(C#N)cc2F)CC1. The number of nitrogens with zero attached hydrogens (tertiary/aromatic N) is 1. The molecule has 0 aliphatic heterocycles. The van der Waals surface area contributed by atoms with E-state index in [0.717, 1.165) is 44.3 Å². The highest BCUT2D eigenvalue weighted by Crippen LogP contribution is 2.37. The molecular formula is C19H24FNO. The van der Waals surface area contributed by atoms with Crippen LogP contribution in [-0.4, -0.2) is 13.2 Å². The minimum atomic E-state index is -0.231. The molecule has 0 N–H and O–H groups in total. The third-order valence-electron chi connectivity index (χ3n) is 4.31. The van der Waals surface area contributed by atoms with Crippen LogP contribution in [-0.2, 0) is 4.74 Å². The van der Waals surface area contributed by atoms with Gasteiger partial charge in [0, 0.05) is 6.61 Å². The number of hydrogen-bond acceptors (Lipinski definition) is 2. The zero-order valence-electron chi connectivity index (χ0n) is 13.2. The van der Waals surface area contributed by atoms with Gasteiger partial charge in [-0.15, -0.1) is 0 Å². The van der Waals surface area contributed by atoms with Crippen molar-refractivity contribution in [3.8, 4) is 6.07 Å². The summed E-state index contributed by atoms with van der Waals surface area (Å²) in [6.45, 7) is 3.61. The molecule has 1 saturated carbocycles. The van der Waals surface area contributed by atoms with E-state index in [1.807, 2.05) is 6.07 Å². The average molecular weight is 301 g/mol. The summed E-state index contributed by atoms with van der Waals surface area (Å²) in [5.41, 5.74) is 1.16. The predicted molar refractivity (Wildman–Crippen MR) is 86.1 cm³/mol. The van der Waals surface area contributed by atoms with Crippen LogP contribution in [0.15, 0.2) is 30.4 Å². The first-order valence-corrected chi connectivity index (χ1v) is 8.18. The molecule has 22 heavy (non-hydrogen) atoms. The number of allylic oxidation sites excluding steroid dienone is 1. The zero-order chi connectivity index (χ0) is 15.8. The molecule has 0 amide bonds. The van der Waals surface area contributed by atoms with Crippen molar-refractivity contribution in [2.75, 3.05) is 13.2 Å². The molecule has 3 heteroatoms. The van der Waals surface area contributed by atoms with Crippen LogP contribution in [0.4, 0.5) is 4.39 Å². The fraction of sp³-hybridized carbons (Fsp3) is 0.526. The van der Waals surface area contributed by atoms with E-state index in [9.17, 15) is 4.39 Å². The molecule has 0 aromatic heterocycles. The lowest BCUT2D eigenvalue weighted by Gasteiger charge is -2.27. The molecule has 0 radical (unpaired) electrons. The molecule has 118 valence electrons. The van der Waals surface area contributed by atoms with Gasteiger partial charge in [0.05, 0.1) is 18.2 Å². The Bertz CT molecular complexity index is 539. The van der Waals surface area contributed by atoms with E-state index in [2.05, 4.69) is 19.1 Å². The minimum absolute atomic E-state index is 0.231. The molecule has 2 rings (SSSR count). The Balaban J connectivity index is 1.83. The molecule has 1 aromatic rings. The molecule has 0 unspecified atom stereocenters. The fourth-order valence-electron chi connectivity index (χ4n) is 3.09. The van der Waals surface area contributed by atoms with Crippen molar-refractivity contribution in [1.82, 2.24) is 0 Å². The second-order valence-electron chi connectivity index (χ2n) is 5.96. The van der Waals surface area contributed by atoms with E-state index in [1.54, 1.807) is 12.1 Å². The van der Waals surface area contributed by atoms with E-state index in [-0.39, 0.29) is 11.7 Å². The summed E-state index contributed by atoms with van der Waals surface area (Å²) in [4.78, 5) is 0. The summed E-state index contributed by atoms with van der Waals surface area (Å²) in [6.07, 6.45) is 9.61. The lowest BCUT2D eigenvalue weighted by atomic mass is 9.78. The molecule has 1 aliphatic rings. The molecule has 0 spiro atoms. The van der Waals surface area contributed by atoms with E-state index >= 15 is 0 Å². The van der Waals surface area contributed by atoms with Crippen LogP contribution in [0.25, 0.3) is 0 Å². The van der Waals surface area contributed by atoms with Crippen LogP contribution in [0.5, 0.6) is 0 Å². The summed E-state index contributed by atoms with van der Waals surface area (Å²) in [6, 6.07) is 6.84. The molecule has 1 aromatic carbocycles. The van der Waals surface area contributed by atoms with Gasteiger partial charge in [-0.1, -0.05) is 25.1 Å². The monoisotopic (exact) mass is 301 g/mol. The van der Waals surface area contributed by atoms with Crippen molar-refractivity contribution < 1.29 is 9.13 Å². The van der Waals surface area contributed by atoms with Gasteiger partial charge >= 0.3 is 0 Å². The maximum absolute atomic E-state index is 14.1. The first-order chi connectivity index (χ1) is 10.7. The van der Waals surface area contributed by atoms with Gasteiger partial charge in [0.2, 0.25) is 0 Å². The third-order valence-corrected chi connectivity index (χ3v) is 4.31. The Morgan fingerprint density at radius 1 is 1.32 bits per heavy atom. The van der Waals surface area contributed by atoms with E-state index in [0.29, 0.717) is 18.1 Å². The number of nitriles is 1. The Morgan fingerprint density at radius 2 is 2.09 bits per heavy atom. The molecule has 0 saturated heterocycles. The van der Waals surface area contributed by atoms with Gasteiger partial charge in [0.1, 0.15) is 5.82 Å². The Morgan fingerprint density at radius 3 is 2.73 bits per heavy atom. The summed E-state index contributed by atoms with van der Waals surface area (Å²) >= 11 is 0. The average Bonchev–Trinajstić information content (AvgIpc) is 2.55. The maximum atomic E-state index is 14.1. The highest BCUT2D eigenvalue weighted by atomic mass is 19.1. The fourth-order valence-corrected chi connectivity index (χ4v) is 3.09. The first kappa shape index (κ1) is 16.7. The van der Waals surface area contributed by atoms with Gasteiger partial charge in [0.15, 0.2) is 0 Å². The first-order valence-electron chi connectivity index (χ1n) is 8.18. The molecular weight excluding hydrogens is 277 g/mol. The van der Waals surface area contributed by atoms with Crippen LogP contribution in [0.3, 0.4) is 0 Å². The number of hydrogen-bond donors (Lipinski definition) is 0. The number of benzene rings is 1. The lowest BCUT2D eigenvalue weighted by Crippen LogP contribution is -2.13. The maximum Gasteiger partial charge on any atom is 0.127 e. The Labute approximate surface area is 132 Å². The van der Waals surface area contributed by atoms with Crippen LogP contribution in [0.2, 0.25) is 0 Å². The Kier molecular flexibility index (Phi) is 6.61. The normalized spacial score (nSPS) is 21.9. The predicted octanol–water partition coefficient (Wildman–Crippen LogP) is 4.95. The smallest absolute Gasteiger partial charge is 0.127 e. The number of ether oxygens (including phenoxy) is 1. The lowest BCUT2D eigenvalue weighted by molar-refractivity contribution is 0.162. The van der Waals surface area contributed by atoms with Crippen molar-refractivity contribution in [3.05, 3.63) is 47.3 Å². The van der Waals surface area contributed by atoms with Crippen molar-refractivity contribution in [2.45, 2.75) is 44.9 Å². The quantitative estimate of drug-likeness (QED) is 0.550. The standard InChI is InChI=1S/C19H24FNO/c1-2-11-22-12-3-4-15-5-8-17(9-6-15)18-10-7-16(14-21)13-19(18)20/h3-4,7,10,13,15,17H,2,5-6,8-9,11-12H2,1H3/b4-3+. The van der Waals surface area contributed by atoms with Gasteiger partial charge in [-0.25, -0.2) is 4.39 Å². The van der Waals surface area contributed by atoms with E-state index in [4.69, 9.17) is 10.00 Å². The highest BCUT2D eigenvalue weighted by molar-refractivity contribution is 5.34. The van der Waals surface area contributed by atoms with Gasteiger partial charge in [0.25, 0.3) is 0 Å². The molecule has 0 heterocycles. The molecule has 2 nitrogen and oxygen atoms in total. The minimum Gasteiger partial charge on any atom is -0.377 e. The third kappa shape index (κ3) is 4.68. The van der Waals surface area contributed by atoms with Crippen molar-refractivity contribution in [2.24, 2.45) is 5.92 Å². The molecule has 1 fully saturated rings.